The molecule has 0 saturated carbocycles. The number of anilines is 1. The minimum absolute atomic E-state index is 0.00782. The number of nitrogens with one attached hydrogen (secondary N) is 1. The molecule has 110 valence electrons. The van der Waals surface area contributed by atoms with Gasteiger partial charge in [-0.2, -0.15) is 0 Å². The van der Waals surface area contributed by atoms with Gasteiger partial charge in [0.25, 0.3) is 10.0 Å². The van der Waals surface area contributed by atoms with Crippen molar-refractivity contribution in [1.29, 1.82) is 0 Å². The van der Waals surface area contributed by atoms with Crippen molar-refractivity contribution in [3.63, 3.8) is 0 Å². The van der Waals surface area contributed by atoms with Gasteiger partial charge in [-0.25, -0.2) is 13.4 Å². The van der Waals surface area contributed by atoms with Crippen molar-refractivity contribution >= 4 is 33.1 Å². The average Bonchev–Trinajstić information content (AvgIpc) is 2.43. The highest BCUT2D eigenvalue weighted by Crippen LogP contribution is 2.26. The van der Waals surface area contributed by atoms with Crippen LogP contribution in [0.15, 0.2) is 35.5 Å². The van der Waals surface area contributed by atoms with E-state index in [0.717, 1.165) is 18.3 Å². The van der Waals surface area contributed by atoms with Gasteiger partial charge in [0, 0.05) is 12.3 Å². The summed E-state index contributed by atoms with van der Waals surface area (Å²) in [5, 5.41) is 10.5. The topological polar surface area (TPSA) is 115 Å². The number of halogens is 1. The molecule has 0 amide bonds. The molecule has 0 spiro atoms. The van der Waals surface area contributed by atoms with E-state index in [2.05, 4.69) is 14.7 Å². The van der Waals surface area contributed by atoms with E-state index in [1.54, 1.807) is 13.0 Å². The number of aryl methyl sites for hydroxylation is 1. The molecule has 0 atom stereocenters. The average molecular weight is 329 g/mol. The molecule has 2 aromatic rings. The van der Waals surface area contributed by atoms with Gasteiger partial charge in [-0.15, -0.1) is 0 Å². The van der Waals surface area contributed by atoms with Crippen molar-refractivity contribution < 1.29 is 13.3 Å². The highest BCUT2D eigenvalue weighted by Gasteiger charge is 2.20. The molecule has 8 nitrogen and oxygen atoms in total. The second-order valence-electron chi connectivity index (χ2n) is 4.01. The normalized spacial score (nSPS) is 11.1. The molecule has 10 heteroatoms. The fraction of sp³-hybridized carbons (Fsp3) is 0.0909. The van der Waals surface area contributed by atoms with Gasteiger partial charge in [-0.3, -0.25) is 4.72 Å². The summed E-state index contributed by atoms with van der Waals surface area (Å²) in [4.78, 5) is 16.8. The zero-order valence-electron chi connectivity index (χ0n) is 10.6. The number of sulfonamides is 1. The van der Waals surface area contributed by atoms with Crippen LogP contribution in [0.25, 0.3) is 0 Å². The van der Waals surface area contributed by atoms with Crippen molar-refractivity contribution in [3.8, 4) is 0 Å². The third-order valence-corrected chi connectivity index (χ3v) is 4.19. The number of rotatable bonds is 4. The Labute approximate surface area is 125 Å². The summed E-state index contributed by atoms with van der Waals surface area (Å²) in [6.45, 7) is 1.67. The van der Waals surface area contributed by atoms with Crippen LogP contribution in [0.2, 0.25) is 5.15 Å². The number of aromatic nitrogens is 2. The summed E-state index contributed by atoms with van der Waals surface area (Å²) >= 11 is 5.85. The smallest absolute Gasteiger partial charge is 0.358 e. The van der Waals surface area contributed by atoms with Gasteiger partial charge < -0.3 is 10.1 Å². The van der Waals surface area contributed by atoms with Crippen LogP contribution in [0, 0.1) is 17.0 Å². The number of nitro groups is 1. The minimum Gasteiger partial charge on any atom is -0.358 e. The summed E-state index contributed by atoms with van der Waals surface area (Å²) < 4.78 is 26.6. The standard InChI is InChI=1S/C11H9ClN4O4S/c1-7-4-5-13-11(12)10(7)15-21(19,20)8-2-3-9(14-6-8)16(17)18/h2-6,15H,1H3. The Balaban J connectivity index is 2.36. The van der Waals surface area contributed by atoms with E-state index in [9.17, 15) is 18.5 Å². The molecule has 0 radical (unpaired) electrons. The quantitative estimate of drug-likeness (QED) is 0.522. The SMILES string of the molecule is Cc1ccnc(Cl)c1NS(=O)(=O)c1ccc([N+](=O)[O-])nc1. The summed E-state index contributed by atoms with van der Waals surface area (Å²) in [6.07, 6.45) is 2.35. The second-order valence-corrected chi connectivity index (χ2v) is 6.05. The fourth-order valence-corrected chi connectivity index (χ4v) is 2.87. The van der Waals surface area contributed by atoms with Crippen LogP contribution in [-0.4, -0.2) is 23.3 Å². The Morgan fingerprint density at radius 2 is 2.00 bits per heavy atom. The molecule has 0 aliphatic carbocycles. The molecule has 0 saturated heterocycles. The molecule has 21 heavy (non-hydrogen) atoms. The molecular formula is C11H9ClN4O4S. The zero-order chi connectivity index (χ0) is 15.6. The Hall–Kier alpha value is -2.26. The lowest BCUT2D eigenvalue weighted by molar-refractivity contribution is -0.389. The van der Waals surface area contributed by atoms with E-state index < -0.39 is 20.8 Å². The Bertz CT molecular complexity index is 772. The van der Waals surface area contributed by atoms with E-state index >= 15 is 0 Å². The van der Waals surface area contributed by atoms with E-state index in [0.29, 0.717) is 5.56 Å². The highest BCUT2D eigenvalue weighted by molar-refractivity contribution is 7.92. The fourth-order valence-electron chi connectivity index (χ4n) is 1.48. The number of pyridine rings is 2. The molecular weight excluding hydrogens is 320 g/mol. The van der Waals surface area contributed by atoms with Gasteiger partial charge in [-0.1, -0.05) is 11.6 Å². The predicted octanol–water partition coefficient (Wildman–Crippen LogP) is 2.15. The largest absolute Gasteiger partial charge is 0.363 e. The van der Waals surface area contributed by atoms with Crippen molar-refractivity contribution in [2.24, 2.45) is 0 Å². The van der Waals surface area contributed by atoms with Gasteiger partial charge in [-0.05, 0) is 34.5 Å². The molecule has 0 aliphatic rings. The maximum Gasteiger partial charge on any atom is 0.363 e. The van der Waals surface area contributed by atoms with Crippen molar-refractivity contribution in [3.05, 3.63) is 51.4 Å². The first-order chi connectivity index (χ1) is 9.81. The first-order valence-electron chi connectivity index (χ1n) is 5.55. The van der Waals surface area contributed by atoms with Crippen LogP contribution >= 0.6 is 11.6 Å². The molecule has 2 aromatic heterocycles. The summed E-state index contributed by atoms with van der Waals surface area (Å²) in [5.41, 5.74) is 0.742. The molecule has 0 bridgehead atoms. The number of hydrogen-bond donors (Lipinski definition) is 1. The van der Waals surface area contributed by atoms with Gasteiger partial charge in [0.1, 0.15) is 4.90 Å². The third kappa shape index (κ3) is 3.26. The van der Waals surface area contributed by atoms with Gasteiger partial charge in [0.05, 0.1) is 5.69 Å². The highest BCUT2D eigenvalue weighted by atomic mass is 35.5. The summed E-state index contributed by atoms with van der Waals surface area (Å²) in [5.74, 6) is -0.440. The summed E-state index contributed by atoms with van der Waals surface area (Å²) in [7, 11) is -3.96. The van der Waals surface area contributed by atoms with Crippen molar-refractivity contribution in [2.75, 3.05) is 4.72 Å². The van der Waals surface area contributed by atoms with E-state index in [4.69, 9.17) is 11.6 Å². The molecule has 1 N–H and O–H groups in total. The third-order valence-electron chi connectivity index (χ3n) is 2.57. The molecule has 0 unspecified atom stereocenters. The molecule has 0 aromatic carbocycles. The molecule has 2 rings (SSSR count). The maximum atomic E-state index is 12.2. The molecule has 2 heterocycles. The molecule has 0 aliphatic heterocycles. The number of nitrogens with zero attached hydrogens (tertiary/aromatic N) is 3. The summed E-state index contributed by atoms with van der Waals surface area (Å²) in [6, 6.07) is 3.69. The van der Waals surface area contributed by atoms with Crippen LogP contribution in [0.1, 0.15) is 5.56 Å². The monoisotopic (exact) mass is 328 g/mol. The van der Waals surface area contributed by atoms with E-state index in [1.807, 2.05) is 0 Å². The van der Waals surface area contributed by atoms with Gasteiger partial charge >= 0.3 is 5.82 Å². The predicted molar refractivity (Wildman–Crippen MR) is 75.7 cm³/mol. The van der Waals surface area contributed by atoms with Crippen molar-refractivity contribution in [2.45, 2.75) is 11.8 Å². The van der Waals surface area contributed by atoms with Crippen LogP contribution in [0.3, 0.4) is 0 Å². The lowest BCUT2D eigenvalue weighted by atomic mass is 10.3. The first kappa shape index (κ1) is 15.1. The zero-order valence-corrected chi connectivity index (χ0v) is 12.2. The van der Waals surface area contributed by atoms with Crippen LogP contribution in [0.5, 0.6) is 0 Å². The molecule has 0 fully saturated rings. The van der Waals surface area contributed by atoms with E-state index in [-0.39, 0.29) is 15.7 Å². The lowest BCUT2D eigenvalue weighted by Crippen LogP contribution is -2.14. The Morgan fingerprint density at radius 3 is 2.52 bits per heavy atom. The van der Waals surface area contributed by atoms with Gasteiger partial charge in [0.15, 0.2) is 11.3 Å². The van der Waals surface area contributed by atoms with Gasteiger partial charge in [0.2, 0.25) is 0 Å². The van der Waals surface area contributed by atoms with Crippen molar-refractivity contribution in [1.82, 2.24) is 9.97 Å². The van der Waals surface area contributed by atoms with Crippen LogP contribution < -0.4 is 4.72 Å². The lowest BCUT2D eigenvalue weighted by Gasteiger charge is -2.10. The second kappa shape index (κ2) is 5.62. The minimum atomic E-state index is -3.96. The van der Waals surface area contributed by atoms with Crippen LogP contribution in [0.4, 0.5) is 11.5 Å². The first-order valence-corrected chi connectivity index (χ1v) is 7.42. The Kier molecular flexibility index (Phi) is 4.05. The number of hydrogen-bond acceptors (Lipinski definition) is 6. The van der Waals surface area contributed by atoms with E-state index in [1.165, 1.54) is 6.20 Å². The maximum absolute atomic E-state index is 12.2. The Morgan fingerprint density at radius 1 is 1.29 bits per heavy atom. The van der Waals surface area contributed by atoms with Crippen LogP contribution in [-0.2, 0) is 10.0 Å².